The van der Waals surface area contributed by atoms with Crippen LogP contribution in [0.25, 0.3) is 32.3 Å². The molecule has 0 saturated carbocycles. The third kappa shape index (κ3) is 4.52. The molecule has 2 nitrogen and oxygen atoms in total. The van der Waals surface area contributed by atoms with Crippen LogP contribution in [0.5, 0.6) is 0 Å². The smallest absolute Gasteiger partial charge is 0.124 e. The van der Waals surface area contributed by atoms with Crippen molar-refractivity contribution < 1.29 is 17.0 Å². The largest absolute Gasteiger partial charge is 1.00 e. The summed E-state index contributed by atoms with van der Waals surface area (Å²) in [5, 5.41) is 1.75. The number of rotatable bonds is 5. The molecule has 0 atom stereocenters. The van der Waals surface area contributed by atoms with E-state index in [1.807, 2.05) is 42.6 Å². The van der Waals surface area contributed by atoms with Gasteiger partial charge in [0.1, 0.15) is 5.01 Å². The maximum absolute atomic E-state index is 6.08. The van der Waals surface area contributed by atoms with Gasteiger partial charge in [-0.2, -0.15) is 0 Å². The Morgan fingerprint density at radius 1 is 0.893 bits per heavy atom. The fourth-order valence-electron chi connectivity index (χ4n) is 3.04. The Bertz CT molecular complexity index is 1050. The third-order valence-corrected chi connectivity index (χ3v) is 5.76. The van der Waals surface area contributed by atoms with E-state index < -0.39 is 0 Å². The molecule has 142 valence electrons. The molecular formula is C23H19BrClN2S-. The standard InChI is InChI=1S/C23H19ClN2S.BrH/c1-2-6-20-15-18(13-14-25-20)23-26-21(16-7-4-3-5-8-16)22(27-23)17-9-11-19(24)12-10-17;/h3-5,7-15H,2,6H2,1H3;1H/p-1. The van der Waals surface area contributed by atoms with Crippen LogP contribution in [0.15, 0.2) is 72.9 Å². The van der Waals surface area contributed by atoms with Gasteiger partial charge in [0, 0.05) is 28.0 Å². The van der Waals surface area contributed by atoms with Crippen molar-refractivity contribution >= 4 is 22.9 Å². The molecule has 4 aromatic rings. The molecule has 2 aromatic heterocycles. The van der Waals surface area contributed by atoms with E-state index in [0.717, 1.165) is 55.8 Å². The lowest BCUT2D eigenvalue weighted by Gasteiger charge is -2.02. The number of pyridine rings is 1. The van der Waals surface area contributed by atoms with Crippen LogP contribution in [0.4, 0.5) is 0 Å². The topological polar surface area (TPSA) is 25.8 Å². The van der Waals surface area contributed by atoms with Crippen molar-refractivity contribution in [2.24, 2.45) is 0 Å². The molecule has 4 rings (SSSR count). The summed E-state index contributed by atoms with van der Waals surface area (Å²) in [5.74, 6) is 0. The number of thiazole rings is 1. The molecule has 0 radical (unpaired) electrons. The maximum Gasteiger partial charge on any atom is 0.124 e. The molecule has 0 fully saturated rings. The molecule has 5 heteroatoms. The van der Waals surface area contributed by atoms with Crippen molar-refractivity contribution in [1.29, 1.82) is 0 Å². The van der Waals surface area contributed by atoms with Gasteiger partial charge in [-0.25, -0.2) is 4.98 Å². The van der Waals surface area contributed by atoms with Gasteiger partial charge >= 0.3 is 0 Å². The Balaban J connectivity index is 0.00000225. The molecule has 0 aliphatic heterocycles. The van der Waals surface area contributed by atoms with Gasteiger partial charge in [-0.3, -0.25) is 4.98 Å². The fraction of sp³-hybridized carbons (Fsp3) is 0.130. The second-order valence-electron chi connectivity index (χ2n) is 6.36. The van der Waals surface area contributed by atoms with Gasteiger partial charge in [0.05, 0.1) is 10.6 Å². The van der Waals surface area contributed by atoms with E-state index in [9.17, 15) is 0 Å². The van der Waals surface area contributed by atoms with E-state index >= 15 is 0 Å². The monoisotopic (exact) mass is 469 g/mol. The maximum atomic E-state index is 6.08. The van der Waals surface area contributed by atoms with E-state index in [-0.39, 0.29) is 17.0 Å². The molecule has 0 N–H and O–H groups in total. The molecule has 28 heavy (non-hydrogen) atoms. The lowest BCUT2D eigenvalue weighted by Crippen LogP contribution is -3.00. The SMILES string of the molecule is CCCc1cc(-c2nc(-c3ccccc3)c(-c3ccc(Cl)cc3)s2)ccn1.[Br-]. The number of aromatic nitrogens is 2. The van der Waals surface area contributed by atoms with Gasteiger partial charge in [-0.15, -0.1) is 11.3 Å². The summed E-state index contributed by atoms with van der Waals surface area (Å²) >= 11 is 7.80. The van der Waals surface area contributed by atoms with Gasteiger partial charge in [0.2, 0.25) is 0 Å². The van der Waals surface area contributed by atoms with Crippen LogP contribution >= 0.6 is 22.9 Å². The highest BCUT2D eigenvalue weighted by molar-refractivity contribution is 7.19. The zero-order valence-electron chi connectivity index (χ0n) is 15.4. The quantitative estimate of drug-likeness (QED) is 0.438. The number of halogens is 2. The summed E-state index contributed by atoms with van der Waals surface area (Å²) in [6.45, 7) is 2.17. The summed E-state index contributed by atoms with van der Waals surface area (Å²) in [7, 11) is 0. The van der Waals surface area contributed by atoms with Gasteiger partial charge in [-0.05, 0) is 36.2 Å². The summed E-state index contributed by atoms with van der Waals surface area (Å²) < 4.78 is 0. The number of aryl methyl sites for hydroxylation is 1. The molecule has 0 bridgehead atoms. The van der Waals surface area contributed by atoms with E-state index in [1.165, 1.54) is 0 Å². The van der Waals surface area contributed by atoms with Crippen LogP contribution in [0.3, 0.4) is 0 Å². The normalized spacial score (nSPS) is 10.5. The predicted octanol–water partition coefficient (Wildman–Crippen LogP) is 4.15. The first-order valence-electron chi connectivity index (χ1n) is 9.02. The number of hydrogen-bond donors (Lipinski definition) is 0. The van der Waals surface area contributed by atoms with Crippen LogP contribution in [-0.4, -0.2) is 9.97 Å². The molecule has 2 heterocycles. The van der Waals surface area contributed by atoms with Crippen molar-refractivity contribution in [2.45, 2.75) is 19.8 Å². The molecule has 0 aliphatic rings. The van der Waals surface area contributed by atoms with Gasteiger partial charge in [0.15, 0.2) is 0 Å². The number of nitrogens with zero attached hydrogens (tertiary/aromatic N) is 2. The second-order valence-corrected chi connectivity index (χ2v) is 7.79. The highest BCUT2D eigenvalue weighted by Gasteiger charge is 2.16. The minimum Gasteiger partial charge on any atom is -1.00 e. The van der Waals surface area contributed by atoms with Crippen molar-refractivity contribution in [2.75, 3.05) is 0 Å². The average Bonchev–Trinajstić information content (AvgIpc) is 3.15. The Morgan fingerprint density at radius 3 is 2.36 bits per heavy atom. The van der Waals surface area contributed by atoms with Crippen LogP contribution in [0, 0.1) is 0 Å². The minimum atomic E-state index is 0. The summed E-state index contributed by atoms with van der Waals surface area (Å²) in [6.07, 6.45) is 3.94. The third-order valence-electron chi connectivity index (χ3n) is 4.35. The molecule has 0 spiro atoms. The first-order chi connectivity index (χ1) is 13.2. The Morgan fingerprint density at radius 2 is 1.64 bits per heavy atom. The van der Waals surface area contributed by atoms with E-state index in [1.54, 1.807) is 11.3 Å². The summed E-state index contributed by atoms with van der Waals surface area (Å²) in [5.41, 5.74) is 5.49. The van der Waals surface area contributed by atoms with Gasteiger partial charge in [-0.1, -0.05) is 67.4 Å². The van der Waals surface area contributed by atoms with Crippen LogP contribution in [0.2, 0.25) is 5.02 Å². The summed E-state index contributed by atoms with van der Waals surface area (Å²) in [4.78, 5) is 10.6. The van der Waals surface area contributed by atoms with Crippen molar-refractivity contribution in [3.05, 3.63) is 83.6 Å². The molecule has 2 aromatic carbocycles. The van der Waals surface area contributed by atoms with E-state index in [4.69, 9.17) is 16.6 Å². The van der Waals surface area contributed by atoms with Crippen LogP contribution < -0.4 is 17.0 Å². The molecule has 0 unspecified atom stereocenters. The Labute approximate surface area is 185 Å². The highest BCUT2D eigenvalue weighted by Crippen LogP contribution is 2.40. The van der Waals surface area contributed by atoms with Gasteiger partial charge in [0.25, 0.3) is 0 Å². The van der Waals surface area contributed by atoms with Gasteiger partial charge < -0.3 is 17.0 Å². The zero-order valence-corrected chi connectivity index (χ0v) is 18.6. The van der Waals surface area contributed by atoms with Crippen LogP contribution in [0.1, 0.15) is 19.0 Å². The van der Waals surface area contributed by atoms with Crippen molar-refractivity contribution in [3.63, 3.8) is 0 Å². The van der Waals surface area contributed by atoms with E-state index in [0.29, 0.717) is 0 Å². The lowest BCUT2D eigenvalue weighted by molar-refractivity contribution is -0.00000530. The Hall–Kier alpha value is -2.01. The summed E-state index contributed by atoms with van der Waals surface area (Å²) in [6, 6.07) is 22.5. The second kappa shape index (κ2) is 9.46. The van der Waals surface area contributed by atoms with Crippen molar-refractivity contribution in [1.82, 2.24) is 9.97 Å². The van der Waals surface area contributed by atoms with Crippen molar-refractivity contribution in [3.8, 4) is 32.3 Å². The minimum absolute atomic E-state index is 0. The van der Waals surface area contributed by atoms with E-state index in [2.05, 4.69) is 42.2 Å². The fourth-order valence-corrected chi connectivity index (χ4v) is 4.25. The highest BCUT2D eigenvalue weighted by atomic mass is 79.9. The molecule has 0 saturated heterocycles. The van der Waals surface area contributed by atoms with Crippen LogP contribution in [-0.2, 0) is 6.42 Å². The first kappa shape index (κ1) is 20.7. The first-order valence-corrected chi connectivity index (χ1v) is 10.2. The molecule has 0 amide bonds. The molecule has 0 aliphatic carbocycles. The Kier molecular flexibility index (Phi) is 7.00. The predicted molar refractivity (Wildman–Crippen MR) is 115 cm³/mol. The lowest BCUT2D eigenvalue weighted by atomic mass is 10.1. The number of benzene rings is 2. The molecular weight excluding hydrogens is 452 g/mol. The number of hydrogen-bond acceptors (Lipinski definition) is 3. The average molecular weight is 471 g/mol. The zero-order chi connectivity index (χ0) is 18.6.